The lowest BCUT2D eigenvalue weighted by atomic mass is 10.1. The summed E-state index contributed by atoms with van der Waals surface area (Å²) >= 11 is 1.31. The van der Waals surface area contributed by atoms with E-state index in [2.05, 4.69) is 15.8 Å². The van der Waals surface area contributed by atoms with Gasteiger partial charge in [-0.3, -0.25) is 4.57 Å². The molecule has 132 valence electrons. The minimum absolute atomic E-state index is 0.0898. The number of rotatable bonds is 6. The first kappa shape index (κ1) is 18.0. The Bertz CT molecular complexity index is 915. The molecule has 0 radical (unpaired) electrons. The number of hydrogen-bond acceptors (Lipinski definition) is 4. The molecule has 2 aromatic carbocycles. The first-order valence-corrected chi connectivity index (χ1v) is 8.77. The van der Waals surface area contributed by atoms with E-state index in [9.17, 15) is 8.78 Å². The van der Waals surface area contributed by atoms with Crippen LogP contribution in [0, 0.1) is 18.3 Å². The lowest BCUT2D eigenvalue weighted by molar-refractivity contribution is -0.0498. The normalized spacial score (nSPS) is 10.7. The van der Waals surface area contributed by atoms with Crippen LogP contribution in [0.15, 0.2) is 59.9 Å². The number of ether oxygens (including phenoxy) is 1. The van der Waals surface area contributed by atoms with Crippen LogP contribution in [-0.2, 0) is 0 Å². The highest BCUT2D eigenvalue weighted by molar-refractivity contribution is 7.99. The van der Waals surface area contributed by atoms with Crippen molar-refractivity contribution in [3.05, 3.63) is 60.3 Å². The summed E-state index contributed by atoms with van der Waals surface area (Å²) in [4.78, 5) is 4.42. The molecule has 7 heteroatoms. The molecule has 0 unspecified atom stereocenters. The highest BCUT2D eigenvalue weighted by Gasteiger charge is 2.14. The van der Waals surface area contributed by atoms with Crippen molar-refractivity contribution in [3.63, 3.8) is 0 Å². The van der Waals surface area contributed by atoms with Crippen molar-refractivity contribution in [2.75, 3.05) is 5.75 Å². The summed E-state index contributed by atoms with van der Waals surface area (Å²) in [5.41, 5.74) is 3.72. The zero-order valence-corrected chi connectivity index (χ0v) is 14.7. The Balaban J connectivity index is 2.03. The molecule has 0 bridgehead atoms. The van der Waals surface area contributed by atoms with Gasteiger partial charge in [0, 0.05) is 11.3 Å². The topological polar surface area (TPSA) is 50.8 Å². The highest BCUT2D eigenvalue weighted by Crippen LogP contribution is 2.30. The fourth-order valence-electron chi connectivity index (χ4n) is 2.49. The average molecular weight is 371 g/mol. The third-order valence-corrected chi connectivity index (χ3v) is 4.48. The summed E-state index contributed by atoms with van der Waals surface area (Å²) < 4.78 is 31.0. The number of thioether (sulfide) groups is 1. The van der Waals surface area contributed by atoms with Crippen LogP contribution < -0.4 is 4.74 Å². The van der Waals surface area contributed by atoms with Crippen molar-refractivity contribution in [2.45, 2.75) is 18.7 Å². The van der Waals surface area contributed by atoms with Crippen molar-refractivity contribution < 1.29 is 13.5 Å². The van der Waals surface area contributed by atoms with Crippen molar-refractivity contribution >= 4 is 11.8 Å². The Kier molecular flexibility index (Phi) is 5.54. The fourth-order valence-corrected chi connectivity index (χ4v) is 3.14. The molecule has 0 saturated heterocycles. The summed E-state index contributed by atoms with van der Waals surface area (Å²) in [6.07, 6.45) is 1.74. The van der Waals surface area contributed by atoms with Crippen LogP contribution >= 0.6 is 11.8 Å². The minimum Gasteiger partial charge on any atom is -0.435 e. The Morgan fingerprint density at radius 2 is 1.85 bits per heavy atom. The maximum atomic E-state index is 12.3. The summed E-state index contributed by atoms with van der Waals surface area (Å²) in [5, 5.41) is 9.53. The number of nitrogens with zero attached hydrogens (tertiary/aromatic N) is 3. The van der Waals surface area contributed by atoms with Gasteiger partial charge in [-0.25, -0.2) is 4.98 Å². The zero-order chi connectivity index (χ0) is 18.5. The van der Waals surface area contributed by atoms with E-state index in [1.54, 1.807) is 18.3 Å². The number of hydrogen-bond donors (Lipinski definition) is 0. The van der Waals surface area contributed by atoms with Gasteiger partial charge in [-0.1, -0.05) is 41.6 Å². The molecule has 3 rings (SSSR count). The predicted molar refractivity (Wildman–Crippen MR) is 96.7 cm³/mol. The Labute approximate surface area is 154 Å². The summed E-state index contributed by atoms with van der Waals surface area (Å²) in [5.74, 6) is 0.351. The van der Waals surface area contributed by atoms with Crippen LogP contribution in [0.2, 0.25) is 0 Å². The van der Waals surface area contributed by atoms with Crippen LogP contribution in [0.4, 0.5) is 8.78 Å². The fraction of sp³-hybridized carbons (Fsp3) is 0.158. The molecule has 26 heavy (non-hydrogen) atoms. The van der Waals surface area contributed by atoms with Gasteiger partial charge in [0.25, 0.3) is 0 Å². The van der Waals surface area contributed by atoms with Gasteiger partial charge in [0.05, 0.1) is 23.7 Å². The molecule has 0 N–H and O–H groups in total. The Hall–Kier alpha value is -2.85. The van der Waals surface area contributed by atoms with Crippen molar-refractivity contribution in [1.29, 1.82) is 5.26 Å². The second-order valence-corrected chi connectivity index (χ2v) is 6.39. The van der Waals surface area contributed by atoms with E-state index in [0.29, 0.717) is 5.16 Å². The largest absolute Gasteiger partial charge is 0.435 e. The number of halogens is 2. The first-order chi connectivity index (χ1) is 12.6. The highest BCUT2D eigenvalue weighted by atomic mass is 32.2. The molecule has 0 amide bonds. The number of aromatic nitrogens is 2. The first-order valence-electron chi connectivity index (χ1n) is 7.78. The summed E-state index contributed by atoms with van der Waals surface area (Å²) in [6, 6.07) is 16.4. The molecule has 0 fully saturated rings. The maximum absolute atomic E-state index is 12.3. The van der Waals surface area contributed by atoms with E-state index < -0.39 is 6.61 Å². The predicted octanol–water partition coefficient (Wildman–Crippen LogP) is 5.06. The number of aryl methyl sites for hydroxylation is 1. The van der Waals surface area contributed by atoms with Gasteiger partial charge < -0.3 is 4.74 Å². The number of nitriles is 1. The molecule has 0 atom stereocenters. The van der Waals surface area contributed by atoms with Gasteiger partial charge in [-0.05, 0) is 31.2 Å². The molecule has 0 spiro atoms. The monoisotopic (exact) mass is 371 g/mol. The van der Waals surface area contributed by atoms with E-state index >= 15 is 0 Å². The quantitative estimate of drug-likeness (QED) is 0.568. The minimum atomic E-state index is -2.86. The molecule has 0 aliphatic carbocycles. The van der Waals surface area contributed by atoms with Crippen LogP contribution in [0.5, 0.6) is 5.75 Å². The van der Waals surface area contributed by atoms with E-state index in [4.69, 9.17) is 5.26 Å². The third kappa shape index (κ3) is 4.03. The number of alkyl halides is 2. The molecule has 4 nitrogen and oxygen atoms in total. The zero-order valence-electron chi connectivity index (χ0n) is 13.9. The van der Waals surface area contributed by atoms with Gasteiger partial charge in [-0.2, -0.15) is 14.0 Å². The van der Waals surface area contributed by atoms with Crippen LogP contribution in [0.1, 0.15) is 5.56 Å². The van der Waals surface area contributed by atoms with Gasteiger partial charge >= 0.3 is 6.61 Å². The summed E-state index contributed by atoms with van der Waals surface area (Å²) in [7, 11) is 0. The van der Waals surface area contributed by atoms with E-state index in [0.717, 1.165) is 22.5 Å². The lowest BCUT2D eigenvalue weighted by Gasteiger charge is -2.13. The van der Waals surface area contributed by atoms with E-state index in [1.165, 1.54) is 23.9 Å². The van der Waals surface area contributed by atoms with Crippen LogP contribution in [-0.4, -0.2) is 21.9 Å². The Morgan fingerprint density at radius 3 is 2.46 bits per heavy atom. The van der Waals surface area contributed by atoms with E-state index in [1.807, 2.05) is 35.8 Å². The van der Waals surface area contributed by atoms with Gasteiger partial charge in [0.1, 0.15) is 5.75 Å². The summed E-state index contributed by atoms with van der Waals surface area (Å²) in [6.45, 7) is -0.851. The van der Waals surface area contributed by atoms with Crippen molar-refractivity contribution in [2.24, 2.45) is 0 Å². The molecular formula is C19H15F2N3OS. The SMILES string of the molecule is Cc1ccc(-c2cnc(SCC#N)n2-c2ccc(OC(F)F)cc2)cc1. The smallest absolute Gasteiger partial charge is 0.387 e. The van der Waals surface area contributed by atoms with Gasteiger partial charge in [-0.15, -0.1) is 0 Å². The number of benzene rings is 2. The molecule has 0 saturated carbocycles. The second-order valence-electron chi connectivity index (χ2n) is 5.45. The van der Waals surface area contributed by atoms with Gasteiger partial charge in [0.2, 0.25) is 0 Å². The molecule has 0 aliphatic heterocycles. The van der Waals surface area contributed by atoms with Crippen molar-refractivity contribution in [1.82, 2.24) is 9.55 Å². The maximum Gasteiger partial charge on any atom is 0.387 e. The number of imidazole rings is 1. The lowest BCUT2D eigenvalue weighted by Crippen LogP contribution is -2.03. The molecule has 1 aromatic heterocycles. The Morgan fingerprint density at radius 1 is 1.15 bits per heavy atom. The van der Waals surface area contributed by atoms with Crippen molar-refractivity contribution in [3.8, 4) is 28.8 Å². The molecular weight excluding hydrogens is 356 g/mol. The van der Waals surface area contributed by atoms with E-state index in [-0.39, 0.29) is 11.5 Å². The van der Waals surface area contributed by atoms with Crippen LogP contribution in [0.25, 0.3) is 16.9 Å². The van der Waals surface area contributed by atoms with Gasteiger partial charge in [0.15, 0.2) is 5.16 Å². The standard InChI is InChI=1S/C19H15F2N3OS/c1-13-2-4-14(5-3-13)17-12-23-19(26-11-10-22)24(17)15-6-8-16(9-7-15)25-18(20)21/h2-9,12,18H,11H2,1H3. The average Bonchev–Trinajstić information content (AvgIpc) is 3.04. The third-order valence-electron chi connectivity index (χ3n) is 3.66. The van der Waals surface area contributed by atoms with Crippen LogP contribution in [0.3, 0.4) is 0 Å². The second kappa shape index (κ2) is 8.02. The molecule has 0 aliphatic rings. The molecule has 1 heterocycles. The molecule has 3 aromatic rings.